The number of hydrogen-bond donors (Lipinski definition) is 0. The van der Waals surface area contributed by atoms with E-state index in [1.165, 1.54) is 0 Å². The normalized spacial score (nSPS) is 10.1. The van der Waals surface area contributed by atoms with Crippen LogP contribution < -0.4 is 4.74 Å². The third-order valence-corrected chi connectivity index (χ3v) is 1.74. The number of carbonyl (C=O) groups excluding carboxylic acids is 1. The van der Waals surface area contributed by atoms with Crippen LogP contribution in [0.25, 0.3) is 0 Å². The van der Waals surface area contributed by atoms with E-state index >= 15 is 0 Å². The van der Waals surface area contributed by atoms with Crippen LogP contribution in [0.1, 0.15) is 10.4 Å². The molecule has 14 heavy (non-hydrogen) atoms. The van der Waals surface area contributed by atoms with E-state index in [0.29, 0.717) is 6.07 Å². The summed E-state index contributed by atoms with van der Waals surface area (Å²) < 4.78 is 42.6. The molecule has 0 aliphatic heterocycles. The number of rotatable bonds is 2. The van der Waals surface area contributed by atoms with Crippen LogP contribution in [-0.4, -0.2) is 12.4 Å². The van der Waals surface area contributed by atoms with Crippen LogP contribution in [0, 0.1) is 17.5 Å². The summed E-state index contributed by atoms with van der Waals surface area (Å²) in [4.78, 5) is 10.7. The molecule has 0 atom stereocenters. The smallest absolute Gasteiger partial charge is 0.256 e. The second-order valence-corrected chi connectivity index (χ2v) is 2.68. The molecule has 0 aromatic heterocycles. The SMILES string of the molecule is COc1c(C(=O)Cl)cc(F)c(F)c1F. The molecule has 0 unspecified atom stereocenters. The lowest BCUT2D eigenvalue weighted by Gasteiger charge is -2.06. The van der Waals surface area contributed by atoms with Crippen molar-refractivity contribution in [2.45, 2.75) is 0 Å². The minimum atomic E-state index is -1.71. The molecular weight excluding hydrogens is 221 g/mol. The monoisotopic (exact) mass is 224 g/mol. The Bertz CT molecular complexity index is 393. The van der Waals surface area contributed by atoms with E-state index in [9.17, 15) is 18.0 Å². The number of methoxy groups -OCH3 is 1. The molecule has 0 aliphatic rings. The van der Waals surface area contributed by atoms with E-state index < -0.39 is 34.0 Å². The van der Waals surface area contributed by atoms with E-state index in [0.717, 1.165) is 7.11 Å². The Hall–Kier alpha value is -1.23. The van der Waals surface area contributed by atoms with Crippen LogP contribution in [-0.2, 0) is 0 Å². The molecule has 1 rings (SSSR count). The van der Waals surface area contributed by atoms with Gasteiger partial charge >= 0.3 is 0 Å². The molecule has 1 aromatic rings. The predicted molar refractivity (Wildman–Crippen MR) is 43.1 cm³/mol. The predicted octanol–water partition coefficient (Wildman–Crippen LogP) is 2.49. The summed E-state index contributed by atoms with van der Waals surface area (Å²) >= 11 is 5.01. The first-order valence-corrected chi connectivity index (χ1v) is 3.78. The lowest BCUT2D eigenvalue weighted by atomic mass is 10.2. The van der Waals surface area contributed by atoms with Crippen LogP contribution in [0.3, 0.4) is 0 Å². The maximum absolute atomic E-state index is 12.9. The molecule has 2 nitrogen and oxygen atoms in total. The van der Waals surface area contributed by atoms with Crippen LogP contribution in [0.4, 0.5) is 13.2 Å². The van der Waals surface area contributed by atoms with Crippen molar-refractivity contribution < 1.29 is 22.7 Å². The molecule has 0 aliphatic carbocycles. The van der Waals surface area contributed by atoms with E-state index in [4.69, 9.17) is 11.6 Å². The summed E-state index contributed by atoms with van der Waals surface area (Å²) in [6.07, 6.45) is 0. The Morgan fingerprint density at radius 3 is 2.36 bits per heavy atom. The van der Waals surface area contributed by atoms with E-state index in [-0.39, 0.29) is 0 Å². The van der Waals surface area contributed by atoms with Crippen LogP contribution >= 0.6 is 11.6 Å². The molecule has 0 radical (unpaired) electrons. The fourth-order valence-corrected chi connectivity index (χ4v) is 1.06. The summed E-state index contributed by atoms with van der Waals surface area (Å²) in [7, 11) is 1.01. The zero-order valence-corrected chi connectivity index (χ0v) is 7.66. The Kier molecular flexibility index (Phi) is 3.00. The van der Waals surface area contributed by atoms with Gasteiger partial charge in [-0.1, -0.05) is 0 Å². The van der Waals surface area contributed by atoms with Crippen LogP contribution in [0.2, 0.25) is 0 Å². The van der Waals surface area contributed by atoms with Gasteiger partial charge in [-0.3, -0.25) is 4.79 Å². The highest BCUT2D eigenvalue weighted by Gasteiger charge is 2.22. The topological polar surface area (TPSA) is 26.3 Å². The standard InChI is InChI=1S/C8H4ClF3O2/c1-14-7-3(8(9)13)2-4(10)5(11)6(7)12/h2H,1H3. The van der Waals surface area contributed by atoms with Crippen LogP contribution in [0.15, 0.2) is 6.07 Å². The molecule has 0 spiro atoms. The number of benzene rings is 1. The minimum absolute atomic E-state index is 0.479. The molecule has 1 aromatic carbocycles. The summed E-state index contributed by atoms with van der Waals surface area (Å²) in [6, 6.07) is 0.479. The molecule has 0 heterocycles. The van der Waals surface area contributed by atoms with E-state index in [2.05, 4.69) is 4.74 Å². The van der Waals surface area contributed by atoms with E-state index in [1.807, 2.05) is 0 Å². The zero-order chi connectivity index (χ0) is 10.9. The summed E-state index contributed by atoms with van der Waals surface area (Å²) in [5.41, 5.74) is -0.550. The number of carbonyl (C=O) groups is 1. The van der Waals surface area contributed by atoms with Crippen molar-refractivity contribution in [3.05, 3.63) is 29.1 Å². The number of hydrogen-bond acceptors (Lipinski definition) is 2. The van der Waals surface area contributed by atoms with Gasteiger partial charge in [-0.15, -0.1) is 0 Å². The van der Waals surface area contributed by atoms with Crippen molar-refractivity contribution >= 4 is 16.8 Å². The van der Waals surface area contributed by atoms with Crippen molar-refractivity contribution in [3.63, 3.8) is 0 Å². The molecule has 0 saturated heterocycles. The van der Waals surface area contributed by atoms with Gasteiger partial charge in [-0.2, -0.15) is 4.39 Å². The van der Waals surface area contributed by atoms with E-state index in [1.54, 1.807) is 0 Å². The second kappa shape index (κ2) is 3.88. The lowest BCUT2D eigenvalue weighted by molar-refractivity contribution is 0.107. The highest BCUT2D eigenvalue weighted by Crippen LogP contribution is 2.28. The maximum Gasteiger partial charge on any atom is 0.256 e. The fourth-order valence-electron chi connectivity index (χ4n) is 0.924. The molecule has 0 saturated carbocycles. The van der Waals surface area contributed by atoms with Gasteiger partial charge in [-0.25, -0.2) is 8.78 Å². The van der Waals surface area contributed by atoms with Gasteiger partial charge in [0.1, 0.15) is 0 Å². The average Bonchev–Trinajstić information content (AvgIpc) is 2.13. The van der Waals surface area contributed by atoms with Gasteiger partial charge < -0.3 is 4.74 Å². The third-order valence-electron chi connectivity index (χ3n) is 1.53. The first-order chi connectivity index (χ1) is 6.49. The Balaban J connectivity index is 3.51. The Labute approximate surface area is 82.2 Å². The molecule has 0 bridgehead atoms. The largest absolute Gasteiger partial charge is 0.493 e. The molecule has 76 valence electrons. The van der Waals surface area contributed by atoms with Crippen molar-refractivity contribution in [1.29, 1.82) is 0 Å². The van der Waals surface area contributed by atoms with Crippen LogP contribution in [0.5, 0.6) is 5.75 Å². The lowest BCUT2D eigenvalue weighted by Crippen LogP contribution is -2.03. The first-order valence-electron chi connectivity index (χ1n) is 3.40. The molecule has 0 N–H and O–H groups in total. The van der Waals surface area contributed by atoms with Crippen molar-refractivity contribution in [2.75, 3.05) is 7.11 Å². The molecular formula is C8H4ClF3O2. The molecule has 0 fully saturated rings. The summed E-state index contributed by atoms with van der Waals surface area (Å²) in [6.45, 7) is 0. The van der Waals surface area contributed by atoms with Crippen molar-refractivity contribution in [1.82, 2.24) is 0 Å². The van der Waals surface area contributed by atoms with Crippen molar-refractivity contribution in [2.24, 2.45) is 0 Å². The number of halogens is 4. The Morgan fingerprint density at radius 1 is 1.36 bits per heavy atom. The highest BCUT2D eigenvalue weighted by molar-refractivity contribution is 6.68. The highest BCUT2D eigenvalue weighted by atomic mass is 35.5. The van der Waals surface area contributed by atoms with Gasteiger partial charge in [0.2, 0.25) is 5.82 Å². The Morgan fingerprint density at radius 2 is 1.93 bits per heavy atom. The van der Waals surface area contributed by atoms with Gasteiger partial charge in [0.25, 0.3) is 5.24 Å². The summed E-state index contributed by atoms with van der Waals surface area (Å²) in [5, 5.41) is -1.13. The van der Waals surface area contributed by atoms with Gasteiger partial charge in [0.05, 0.1) is 12.7 Å². The van der Waals surface area contributed by atoms with Crippen molar-refractivity contribution in [3.8, 4) is 5.75 Å². The third kappa shape index (κ3) is 1.68. The molecule has 0 amide bonds. The quantitative estimate of drug-likeness (QED) is 0.570. The van der Waals surface area contributed by atoms with Gasteiger partial charge in [0, 0.05) is 0 Å². The number of ether oxygens (including phenoxy) is 1. The first kappa shape index (κ1) is 10.8. The van der Waals surface area contributed by atoms with Gasteiger partial charge in [-0.05, 0) is 17.7 Å². The zero-order valence-electron chi connectivity index (χ0n) is 6.91. The second-order valence-electron chi connectivity index (χ2n) is 2.34. The van der Waals surface area contributed by atoms with Gasteiger partial charge in [0.15, 0.2) is 17.4 Å². The fraction of sp³-hybridized carbons (Fsp3) is 0.125. The summed E-state index contributed by atoms with van der Waals surface area (Å²) in [5.74, 6) is -5.48. The average molecular weight is 225 g/mol. The molecule has 6 heteroatoms. The maximum atomic E-state index is 12.9. The minimum Gasteiger partial charge on any atom is -0.493 e.